The second kappa shape index (κ2) is 8.18. The van der Waals surface area contributed by atoms with Crippen molar-refractivity contribution >= 4 is 23.2 Å². The Bertz CT molecular complexity index is 1060. The zero-order valence-electron chi connectivity index (χ0n) is 15.4. The molecule has 0 saturated carbocycles. The molecule has 0 fully saturated rings. The van der Waals surface area contributed by atoms with Gasteiger partial charge in [-0.3, -0.25) is 9.59 Å². The smallest absolute Gasteiger partial charge is 0.322 e. The highest BCUT2D eigenvalue weighted by molar-refractivity contribution is 6.12. The summed E-state index contributed by atoms with van der Waals surface area (Å²) < 4.78 is 38.6. The summed E-state index contributed by atoms with van der Waals surface area (Å²) in [6.07, 6.45) is -4.51. The molecule has 0 aliphatic rings. The third-order valence-electron chi connectivity index (χ3n) is 4.26. The maximum atomic E-state index is 12.9. The minimum absolute atomic E-state index is 0.00450. The second-order valence-electron chi connectivity index (χ2n) is 6.35. The molecule has 0 saturated heterocycles. The van der Waals surface area contributed by atoms with Gasteiger partial charge in [0.05, 0.1) is 16.8 Å². The highest BCUT2D eigenvalue weighted by atomic mass is 19.4. The Hall–Kier alpha value is -3.61. The maximum Gasteiger partial charge on any atom is 0.416 e. The standard InChI is InChI=1S/C22H17F3N2O2/c1-14-7-2-3-10-17(14)20(28)27-19-12-5-4-11-18(19)21(29)26-16-9-6-8-15(13-16)22(23,24)25/h2-13H,1H3,(H,26,29)(H,27,28). The van der Waals surface area contributed by atoms with E-state index in [0.717, 1.165) is 17.7 Å². The molecule has 29 heavy (non-hydrogen) atoms. The summed E-state index contributed by atoms with van der Waals surface area (Å²) in [6, 6.07) is 17.6. The molecule has 0 bridgehead atoms. The van der Waals surface area contributed by atoms with Crippen LogP contribution in [0.25, 0.3) is 0 Å². The molecule has 0 aromatic heterocycles. The van der Waals surface area contributed by atoms with E-state index in [1.165, 1.54) is 18.2 Å². The van der Waals surface area contributed by atoms with Gasteiger partial charge in [0.1, 0.15) is 0 Å². The van der Waals surface area contributed by atoms with Crippen LogP contribution in [0.4, 0.5) is 24.5 Å². The lowest BCUT2D eigenvalue weighted by atomic mass is 10.1. The molecular formula is C22H17F3N2O2. The van der Waals surface area contributed by atoms with Crippen molar-refractivity contribution in [3.05, 3.63) is 95.1 Å². The normalized spacial score (nSPS) is 11.0. The average molecular weight is 398 g/mol. The van der Waals surface area contributed by atoms with Gasteiger partial charge in [-0.1, -0.05) is 36.4 Å². The van der Waals surface area contributed by atoms with Crippen molar-refractivity contribution < 1.29 is 22.8 Å². The third-order valence-corrected chi connectivity index (χ3v) is 4.26. The molecule has 4 nitrogen and oxygen atoms in total. The molecule has 148 valence electrons. The highest BCUT2D eigenvalue weighted by Gasteiger charge is 2.30. The molecule has 0 heterocycles. The number of benzene rings is 3. The van der Waals surface area contributed by atoms with Gasteiger partial charge in [-0.2, -0.15) is 13.2 Å². The predicted octanol–water partition coefficient (Wildman–Crippen LogP) is 5.52. The van der Waals surface area contributed by atoms with Gasteiger partial charge < -0.3 is 10.6 Å². The Morgan fingerprint density at radius 2 is 1.38 bits per heavy atom. The molecular weight excluding hydrogens is 381 g/mol. The van der Waals surface area contributed by atoms with Crippen molar-refractivity contribution in [2.45, 2.75) is 13.1 Å². The fourth-order valence-electron chi connectivity index (χ4n) is 2.78. The zero-order chi connectivity index (χ0) is 21.0. The van der Waals surface area contributed by atoms with Crippen LogP contribution in [-0.2, 0) is 6.18 Å². The van der Waals surface area contributed by atoms with E-state index in [1.807, 2.05) is 6.07 Å². The van der Waals surface area contributed by atoms with Gasteiger partial charge in [0.15, 0.2) is 0 Å². The lowest BCUT2D eigenvalue weighted by Gasteiger charge is -2.13. The second-order valence-corrected chi connectivity index (χ2v) is 6.35. The van der Waals surface area contributed by atoms with Crippen molar-refractivity contribution in [1.29, 1.82) is 0 Å². The summed E-state index contributed by atoms with van der Waals surface area (Å²) in [4.78, 5) is 25.2. The van der Waals surface area contributed by atoms with Crippen LogP contribution in [0.1, 0.15) is 31.8 Å². The van der Waals surface area contributed by atoms with Crippen molar-refractivity contribution in [2.24, 2.45) is 0 Å². The molecule has 3 aromatic carbocycles. The maximum absolute atomic E-state index is 12.9. The Morgan fingerprint density at radius 1 is 0.759 bits per heavy atom. The molecule has 3 aromatic rings. The van der Waals surface area contributed by atoms with E-state index in [-0.39, 0.29) is 22.8 Å². The van der Waals surface area contributed by atoms with Crippen LogP contribution in [-0.4, -0.2) is 11.8 Å². The Labute approximate surface area is 165 Å². The predicted molar refractivity (Wildman–Crippen MR) is 105 cm³/mol. The topological polar surface area (TPSA) is 58.2 Å². The van der Waals surface area contributed by atoms with E-state index in [0.29, 0.717) is 5.56 Å². The van der Waals surface area contributed by atoms with Crippen LogP contribution in [0.3, 0.4) is 0 Å². The molecule has 7 heteroatoms. The highest BCUT2D eigenvalue weighted by Crippen LogP contribution is 2.31. The van der Waals surface area contributed by atoms with Gasteiger partial charge in [0.25, 0.3) is 11.8 Å². The molecule has 0 atom stereocenters. The summed E-state index contributed by atoms with van der Waals surface area (Å²) in [5, 5.41) is 5.14. The van der Waals surface area contributed by atoms with E-state index in [4.69, 9.17) is 0 Å². The van der Waals surface area contributed by atoms with Crippen LogP contribution in [0.5, 0.6) is 0 Å². The van der Waals surface area contributed by atoms with Crippen molar-refractivity contribution in [3.8, 4) is 0 Å². The summed E-state index contributed by atoms with van der Waals surface area (Å²) >= 11 is 0. The van der Waals surface area contributed by atoms with Crippen LogP contribution in [0, 0.1) is 6.92 Å². The first-order chi connectivity index (χ1) is 13.8. The van der Waals surface area contributed by atoms with E-state index < -0.39 is 17.6 Å². The number of aryl methyl sites for hydroxylation is 1. The number of carbonyl (C=O) groups is 2. The number of rotatable bonds is 4. The number of para-hydroxylation sites is 1. The van der Waals surface area contributed by atoms with Crippen LogP contribution < -0.4 is 10.6 Å². The monoisotopic (exact) mass is 398 g/mol. The fraction of sp³-hybridized carbons (Fsp3) is 0.0909. The Morgan fingerprint density at radius 3 is 2.07 bits per heavy atom. The summed E-state index contributed by atoms with van der Waals surface area (Å²) in [7, 11) is 0. The molecule has 3 rings (SSSR count). The lowest BCUT2D eigenvalue weighted by molar-refractivity contribution is -0.137. The summed E-state index contributed by atoms with van der Waals surface area (Å²) in [5.41, 5.74) is 0.759. The summed E-state index contributed by atoms with van der Waals surface area (Å²) in [5.74, 6) is -1.02. The van der Waals surface area contributed by atoms with E-state index in [2.05, 4.69) is 10.6 Å². The van der Waals surface area contributed by atoms with Gasteiger partial charge in [0, 0.05) is 11.3 Å². The molecule has 2 N–H and O–H groups in total. The van der Waals surface area contributed by atoms with Gasteiger partial charge >= 0.3 is 6.18 Å². The van der Waals surface area contributed by atoms with Crippen LogP contribution in [0.15, 0.2) is 72.8 Å². The van der Waals surface area contributed by atoms with E-state index in [1.54, 1.807) is 43.3 Å². The fourth-order valence-corrected chi connectivity index (χ4v) is 2.78. The Kier molecular flexibility index (Phi) is 5.68. The number of alkyl halides is 3. The lowest BCUT2D eigenvalue weighted by Crippen LogP contribution is -2.19. The summed E-state index contributed by atoms with van der Waals surface area (Å²) in [6.45, 7) is 1.79. The van der Waals surface area contributed by atoms with Crippen molar-refractivity contribution in [2.75, 3.05) is 10.6 Å². The number of anilines is 2. The van der Waals surface area contributed by atoms with Gasteiger partial charge in [0.2, 0.25) is 0 Å². The quantitative estimate of drug-likeness (QED) is 0.608. The molecule has 0 spiro atoms. The number of halogens is 3. The van der Waals surface area contributed by atoms with Gasteiger partial charge in [-0.05, 0) is 48.9 Å². The van der Waals surface area contributed by atoms with Crippen LogP contribution >= 0.6 is 0 Å². The van der Waals surface area contributed by atoms with Gasteiger partial charge in [-0.25, -0.2) is 0 Å². The first-order valence-corrected chi connectivity index (χ1v) is 8.70. The minimum atomic E-state index is -4.51. The van der Waals surface area contributed by atoms with E-state index >= 15 is 0 Å². The average Bonchev–Trinajstić information content (AvgIpc) is 2.68. The minimum Gasteiger partial charge on any atom is -0.322 e. The number of carbonyl (C=O) groups excluding carboxylic acids is 2. The molecule has 0 unspecified atom stereocenters. The van der Waals surface area contributed by atoms with Crippen molar-refractivity contribution in [3.63, 3.8) is 0 Å². The number of hydrogen-bond donors (Lipinski definition) is 2. The van der Waals surface area contributed by atoms with E-state index in [9.17, 15) is 22.8 Å². The number of nitrogens with one attached hydrogen (secondary N) is 2. The molecule has 0 aliphatic heterocycles. The molecule has 0 aliphatic carbocycles. The number of hydrogen-bond acceptors (Lipinski definition) is 2. The first kappa shape index (κ1) is 20.1. The van der Waals surface area contributed by atoms with Crippen LogP contribution in [0.2, 0.25) is 0 Å². The largest absolute Gasteiger partial charge is 0.416 e. The van der Waals surface area contributed by atoms with Gasteiger partial charge in [-0.15, -0.1) is 0 Å². The zero-order valence-corrected chi connectivity index (χ0v) is 15.4. The SMILES string of the molecule is Cc1ccccc1C(=O)Nc1ccccc1C(=O)Nc1cccc(C(F)(F)F)c1. The third kappa shape index (κ3) is 4.82. The van der Waals surface area contributed by atoms with Crippen molar-refractivity contribution in [1.82, 2.24) is 0 Å². The Balaban J connectivity index is 1.83. The number of amides is 2. The molecule has 0 radical (unpaired) electrons. The first-order valence-electron chi connectivity index (χ1n) is 8.70. The molecule has 2 amide bonds.